The van der Waals surface area contributed by atoms with Crippen LogP contribution in [0.15, 0.2) is 17.2 Å². The van der Waals surface area contributed by atoms with E-state index in [2.05, 4.69) is 9.71 Å². The van der Waals surface area contributed by atoms with Crippen LogP contribution >= 0.6 is 11.6 Å². The Balaban J connectivity index is 3.17. The fraction of sp³-hybridized carbons (Fsp3) is 0.400. The third-order valence-corrected chi connectivity index (χ3v) is 4.03. The number of hydrogen-bond acceptors (Lipinski definition) is 5. The average Bonchev–Trinajstić information content (AvgIpc) is 2.28. The van der Waals surface area contributed by atoms with Crippen LogP contribution in [0.4, 0.5) is 5.82 Å². The summed E-state index contributed by atoms with van der Waals surface area (Å²) < 4.78 is 26.2. The van der Waals surface area contributed by atoms with Crippen molar-refractivity contribution in [3.05, 3.63) is 17.3 Å². The Hall–Kier alpha value is -1.38. The summed E-state index contributed by atoms with van der Waals surface area (Å²) in [6.45, 7) is 3.17. The highest BCUT2D eigenvalue weighted by Gasteiger charge is 2.29. The van der Waals surface area contributed by atoms with Gasteiger partial charge in [-0.3, -0.25) is 4.79 Å². The zero-order chi connectivity index (χ0) is 14.8. The highest BCUT2D eigenvalue weighted by molar-refractivity contribution is 7.89. The van der Waals surface area contributed by atoms with Gasteiger partial charge in [0, 0.05) is 6.20 Å². The molecule has 0 aromatic carbocycles. The molecule has 0 radical (unpaired) electrons. The molecule has 1 heterocycles. The summed E-state index contributed by atoms with van der Waals surface area (Å²) in [4.78, 5) is 14.3. The monoisotopic (exact) mass is 307 g/mol. The molecule has 0 aliphatic heterocycles. The minimum atomic E-state index is -4.11. The third kappa shape index (κ3) is 3.79. The van der Waals surface area contributed by atoms with Crippen LogP contribution in [0.2, 0.25) is 5.02 Å². The third-order valence-electron chi connectivity index (χ3n) is 2.35. The number of hydrogen-bond donors (Lipinski definition) is 3. The quantitative estimate of drug-likeness (QED) is 0.736. The van der Waals surface area contributed by atoms with E-state index < -0.39 is 28.0 Å². The summed E-state index contributed by atoms with van der Waals surface area (Å²) in [5.41, 5.74) is 5.47. The molecule has 0 spiro atoms. The maximum atomic E-state index is 12.1. The molecule has 0 saturated heterocycles. The Bertz CT molecular complexity index is 588. The van der Waals surface area contributed by atoms with E-state index in [4.69, 9.17) is 22.4 Å². The topological polar surface area (TPSA) is 122 Å². The van der Waals surface area contributed by atoms with Crippen molar-refractivity contribution in [1.29, 1.82) is 0 Å². The molecule has 19 heavy (non-hydrogen) atoms. The lowest BCUT2D eigenvalue weighted by Crippen LogP contribution is -2.44. The second-order valence-electron chi connectivity index (χ2n) is 4.22. The van der Waals surface area contributed by atoms with Crippen LogP contribution < -0.4 is 10.5 Å². The summed E-state index contributed by atoms with van der Waals surface area (Å²) in [5, 5.41) is 9.07. The van der Waals surface area contributed by atoms with Crippen LogP contribution in [0.1, 0.15) is 13.8 Å². The number of halogens is 1. The normalized spacial score (nSPS) is 13.5. The van der Waals surface area contributed by atoms with Crippen molar-refractivity contribution in [2.24, 2.45) is 5.92 Å². The molecule has 1 unspecified atom stereocenters. The van der Waals surface area contributed by atoms with Crippen LogP contribution in [0.5, 0.6) is 0 Å². The zero-order valence-corrected chi connectivity index (χ0v) is 11.9. The van der Waals surface area contributed by atoms with E-state index in [-0.39, 0.29) is 15.7 Å². The molecule has 4 N–H and O–H groups in total. The minimum Gasteiger partial charge on any atom is -0.480 e. The van der Waals surface area contributed by atoms with Crippen molar-refractivity contribution in [3.8, 4) is 0 Å². The van der Waals surface area contributed by atoms with Gasteiger partial charge in [-0.05, 0) is 12.0 Å². The summed E-state index contributed by atoms with van der Waals surface area (Å²) >= 11 is 5.66. The molecule has 0 amide bonds. The van der Waals surface area contributed by atoms with Gasteiger partial charge in [0.2, 0.25) is 10.0 Å². The average molecular weight is 308 g/mol. The van der Waals surface area contributed by atoms with Crippen molar-refractivity contribution in [2.45, 2.75) is 24.8 Å². The molecule has 0 bridgehead atoms. The molecule has 1 aromatic rings. The van der Waals surface area contributed by atoms with E-state index in [1.54, 1.807) is 13.8 Å². The number of nitrogens with zero attached hydrogens (tertiary/aromatic N) is 1. The van der Waals surface area contributed by atoms with E-state index in [1.165, 1.54) is 6.20 Å². The van der Waals surface area contributed by atoms with Crippen LogP contribution in [0, 0.1) is 5.92 Å². The SMILES string of the molecule is CC(C)C(NS(=O)(=O)c1cc(Cl)cnc1N)C(=O)O. The van der Waals surface area contributed by atoms with Crippen molar-refractivity contribution in [2.75, 3.05) is 5.73 Å². The lowest BCUT2D eigenvalue weighted by molar-refractivity contribution is -0.140. The van der Waals surface area contributed by atoms with E-state index in [0.717, 1.165) is 6.07 Å². The molecule has 7 nitrogen and oxygen atoms in total. The smallest absolute Gasteiger partial charge is 0.322 e. The maximum Gasteiger partial charge on any atom is 0.322 e. The van der Waals surface area contributed by atoms with E-state index in [0.29, 0.717) is 0 Å². The largest absolute Gasteiger partial charge is 0.480 e. The highest BCUT2D eigenvalue weighted by Crippen LogP contribution is 2.20. The number of nitrogen functional groups attached to an aromatic ring is 1. The first kappa shape index (κ1) is 15.7. The molecule has 1 aromatic heterocycles. The van der Waals surface area contributed by atoms with Crippen LogP contribution in [-0.4, -0.2) is 30.5 Å². The Kier molecular flexibility index (Phi) is 4.72. The number of aliphatic carboxylic acids is 1. The predicted octanol–water partition coefficient (Wildman–Crippen LogP) is 0.705. The molecular formula is C10H14ClN3O4S. The molecule has 0 fully saturated rings. The number of carboxylic acids is 1. The zero-order valence-electron chi connectivity index (χ0n) is 10.3. The van der Waals surface area contributed by atoms with Crippen LogP contribution in [0.25, 0.3) is 0 Å². The molecule has 1 atom stereocenters. The molecule has 1 rings (SSSR count). The Morgan fingerprint density at radius 3 is 2.58 bits per heavy atom. The van der Waals surface area contributed by atoms with E-state index in [1.807, 2.05) is 0 Å². The number of nitrogens with two attached hydrogens (primary N) is 1. The van der Waals surface area contributed by atoms with Crippen LogP contribution in [-0.2, 0) is 14.8 Å². The van der Waals surface area contributed by atoms with E-state index in [9.17, 15) is 13.2 Å². The van der Waals surface area contributed by atoms with Crippen molar-refractivity contribution in [3.63, 3.8) is 0 Å². The fourth-order valence-corrected chi connectivity index (χ4v) is 3.02. The van der Waals surface area contributed by atoms with Gasteiger partial charge >= 0.3 is 5.97 Å². The highest BCUT2D eigenvalue weighted by atomic mass is 35.5. The van der Waals surface area contributed by atoms with Gasteiger partial charge in [-0.2, -0.15) is 4.72 Å². The van der Waals surface area contributed by atoms with Gasteiger partial charge in [0.1, 0.15) is 16.8 Å². The number of nitrogens with one attached hydrogen (secondary N) is 1. The van der Waals surface area contributed by atoms with Gasteiger partial charge in [-0.25, -0.2) is 13.4 Å². The number of anilines is 1. The number of carboxylic acid groups (broad SMARTS) is 1. The lowest BCUT2D eigenvalue weighted by Gasteiger charge is -2.18. The Morgan fingerprint density at radius 1 is 1.53 bits per heavy atom. The van der Waals surface area contributed by atoms with Gasteiger partial charge in [0.15, 0.2) is 0 Å². The summed E-state index contributed by atoms with van der Waals surface area (Å²) in [5.74, 6) is -1.95. The number of sulfonamides is 1. The maximum absolute atomic E-state index is 12.1. The van der Waals surface area contributed by atoms with Gasteiger partial charge in [0.05, 0.1) is 5.02 Å². The predicted molar refractivity (Wildman–Crippen MR) is 70.2 cm³/mol. The van der Waals surface area contributed by atoms with Gasteiger partial charge in [-0.1, -0.05) is 25.4 Å². The first-order chi connectivity index (χ1) is 8.65. The molecular weight excluding hydrogens is 294 g/mol. The van der Waals surface area contributed by atoms with Crippen molar-refractivity contribution < 1.29 is 18.3 Å². The van der Waals surface area contributed by atoms with Crippen LogP contribution in [0.3, 0.4) is 0 Å². The first-order valence-corrected chi connectivity index (χ1v) is 7.17. The number of rotatable bonds is 5. The Labute approximate surface area is 115 Å². The second kappa shape index (κ2) is 5.72. The number of pyridine rings is 1. The lowest BCUT2D eigenvalue weighted by atomic mass is 10.1. The standard InChI is InChI=1S/C10H14ClN3O4S/c1-5(2)8(10(15)16)14-19(17,18)7-3-6(11)4-13-9(7)12/h3-5,8,14H,1-2H3,(H2,12,13)(H,15,16). The molecule has 0 aliphatic carbocycles. The summed E-state index contributed by atoms with van der Waals surface area (Å²) in [7, 11) is -4.11. The molecule has 0 saturated carbocycles. The summed E-state index contributed by atoms with van der Waals surface area (Å²) in [6.07, 6.45) is 1.20. The first-order valence-electron chi connectivity index (χ1n) is 5.31. The minimum absolute atomic E-state index is 0.0889. The van der Waals surface area contributed by atoms with Crippen molar-refractivity contribution >= 4 is 33.4 Å². The molecule has 106 valence electrons. The van der Waals surface area contributed by atoms with Crippen molar-refractivity contribution in [1.82, 2.24) is 9.71 Å². The summed E-state index contributed by atoms with van der Waals surface area (Å²) in [6, 6.07) is -0.144. The second-order valence-corrected chi connectivity index (χ2v) is 6.34. The molecule has 9 heteroatoms. The Morgan fingerprint density at radius 2 is 2.11 bits per heavy atom. The van der Waals surface area contributed by atoms with Gasteiger partial charge < -0.3 is 10.8 Å². The van der Waals surface area contributed by atoms with Gasteiger partial charge in [0.25, 0.3) is 0 Å². The van der Waals surface area contributed by atoms with Gasteiger partial charge in [-0.15, -0.1) is 0 Å². The fourth-order valence-electron chi connectivity index (χ4n) is 1.35. The molecule has 0 aliphatic rings. The number of carbonyl (C=O) groups is 1. The number of aromatic nitrogens is 1. The van der Waals surface area contributed by atoms with E-state index >= 15 is 0 Å².